The minimum Gasteiger partial charge on any atom is -0.354 e. The Morgan fingerprint density at radius 3 is 2.58 bits per heavy atom. The molecule has 3 aliphatic heterocycles. The largest absolute Gasteiger partial charge is 0.354 e. The smallest absolute Gasteiger partial charge is 0.226 e. The minimum atomic E-state index is -0.158. The van der Waals surface area contributed by atoms with E-state index in [1.165, 1.54) is 0 Å². The van der Waals surface area contributed by atoms with Crippen molar-refractivity contribution in [2.75, 3.05) is 26.2 Å². The van der Waals surface area contributed by atoms with E-state index in [1.54, 1.807) is 0 Å². The lowest BCUT2D eigenvalue weighted by Crippen LogP contribution is -2.49. The summed E-state index contributed by atoms with van der Waals surface area (Å²) in [5.41, 5.74) is 0. The molecule has 6 heteroatoms. The van der Waals surface area contributed by atoms with Crippen LogP contribution >= 0.6 is 0 Å². The van der Waals surface area contributed by atoms with Crippen molar-refractivity contribution in [2.24, 2.45) is 11.8 Å². The Morgan fingerprint density at radius 1 is 1.17 bits per heavy atom. The second-order valence-corrected chi connectivity index (χ2v) is 7.67. The lowest BCUT2D eigenvalue weighted by Gasteiger charge is -2.38. The summed E-state index contributed by atoms with van der Waals surface area (Å²) in [4.78, 5) is 40.2. The molecule has 0 aromatic carbocycles. The summed E-state index contributed by atoms with van der Waals surface area (Å²) in [6.07, 6.45) is 5.83. The third-order valence-electron chi connectivity index (χ3n) is 5.65. The summed E-state index contributed by atoms with van der Waals surface area (Å²) in [6, 6.07) is 0.0860. The second kappa shape index (κ2) is 7.53. The zero-order valence-electron chi connectivity index (χ0n) is 14.6. The van der Waals surface area contributed by atoms with E-state index < -0.39 is 0 Å². The summed E-state index contributed by atoms with van der Waals surface area (Å²) in [5, 5.41) is 2.88. The van der Waals surface area contributed by atoms with E-state index in [0.29, 0.717) is 24.7 Å². The monoisotopic (exact) mass is 335 g/mol. The SMILES string of the molecule is CC1CC(C(=O)N2CCC(CN3CCCCC3=O)CC2)CC(=O)N1. The predicted molar refractivity (Wildman–Crippen MR) is 90.1 cm³/mol. The molecule has 3 aliphatic rings. The van der Waals surface area contributed by atoms with E-state index >= 15 is 0 Å². The lowest BCUT2D eigenvalue weighted by atomic mass is 9.89. The van der Waals surface area contributed by atoms with E-state index in [0.717, 1.165) is 58.3 Å². The molecule has 3 rings (SSSR count). The van der Waals surface area contributed by atoms with Crippen LogP contribution in [-0.2, 0) is 14.4 Å². The molecule has 0 aromatic rings. The molecule has 2 atom stereocenters. The molecule has 0 bridgehead atoms. The van der Waals surface area contributed by atoms with Gasteiger partial charge in [-0.05, 0) is 44.9 Å². The van der Waals surface area contributed by atoms with Crippen LogP contribution in [-0.4, -0.2) is 59.7 Å². The van der Waals surface area contributed by atoms with Crippen molar-refractivity contribution < 1.29 is 14.4 Å². The molecule has 0 aliphatic carbocycles. The van der Waals surface area contributed by atoms with Gasteiger partial charge in [-0.15, -0.1) is 0 Å². The molecular formula is C18H29N3O3. The Labute approximate surface area is 143 Å². The van der Waals surface area contributed by atoms with Crippen molar-refractivity contribution in [1.82, 2.24) is 15.1 Å². The predicted octanol–water partition coefficient (Wildman–Crippen LogP) is 1.15. The average Bonchev–Trinajstić information content (AvgIpc) is 2.56. The van der Waals surface area contributed by atoms with Crippen molar-refractivity contribution in [3.8, 4) is 0 Å². The van der Waals surface area contributed by atoms with Crippen molar-refractivity contribution >= 4 is 17.7 Å². The molecule has 3 amide bonds. The molecule has 0 radical (unpaired) electrons. The highest BCUT2D eigenvalue weighted by Gasteiger charge is 2.34. The average molecular weight is 335 g/mol. The van der Waals surface area contributed by atoms with Gasteiger partial charge in [-0.25, -0.2) is 0 Å². The van der Waals surface area contributed by atoms with Crippen molar-refractivity contribution in [3.63, 3.8) is 0 Å². The van der Waals surface area contributed by atoms with E-state index in [-0.39, 0.29) is 23.8 Å². The van der Waals surface area contributed by atoms with Gasteiger partial charge < -0.3 is 15.1 Å². The highest BCUT2D eigenvalue weighted by molar-refractivity contribution is 5.87. The van der Waals surface area contributed by atoms with Gasteiger partial charge in [0.05, 0.1) is 0 Å². The van der Waals surface area contributed by atoms with Crippen LogP contribution in [0.1, 0.15) is 51.9 Å². The maximum atomic E-state index is 12.7. The molecule has 1 N–H and O–H groups in total. The topological polar surface area (TPSA) is 69.7 Å². The second-order valence-electron chi connectivity index (χ2n) is 7.67. The van der Waals surface area contributed by atoms with Crippen LogP contribution in [0.25, 0.3) is 0 Å². The summed E-state index contributed by atoms with van der Waals surface area (Å²) < 4.78 is 0. The minimum absolute atomic E-state index is 0.00871. The summed E-state index contributed by atoms with van der Waals surface area (Å²) in [7, 11) is 0. The first-order chi connectivity index (χ1) is 11.5. The van der Waals surface area contributed by atoms with Crippen LogP contribution in [0.4, 0.5) is 0 Å². The summed E-state index contributed by atoms with van der Waals surface area (Å²) in [6.45, 7) is 5.23. The van der Waals surface area contributed by atoms with Gasteiger partial charge in [-0.1, -0.05) is 0 Å². The molecule has 3 saturated heterocycles. The van der Waals surface area contributed by atoms with Crippen molar-refractivity contribution in [2.45, 2.75) is 57.9 Å². The summed E-state index contributed by atoms with van der Waals surface area (Å²) >= 11 is 0. The first kappa shape index (κ1) is 17.2. The fraction of sp³-hybridized carbons (Fsp3) is 0.833. The van der Waals surface area contributed by atoms with Gasteiger partial charge in [-0.3, -0.25) is 14.4 Å². The molecule has 0 saturated carbocycles. The maximum absolute atomic E-state index is 12.7. The van der Waals surface area contributed by atoms with Gasteiger partial charge in [0, 0.05) is 51.0 Å². The molecule has 3 fully saturated rings. The van der Waals surface area contributed by atoms with Crippen LogP contribution in [0.15, 0.2) is 0 Å². The molecule has 2 unspecified atom stereocenters. The van der Waals surface area contributed by atoms with Gasteiger partial charge in [0.1, 0.15) is 0 Å². The highest BCUT2D eigenvalue weighted by atomic mass is 16.2. The highest BCUT2D eigenvalue weighted by Crippen LogP contribution is 2.25. The number of amides is 3. The zero-order chi connectivity index (χ0) is 17.1. The quantitative estimate of drug-likeness (QED) is 0.841. The Hall–Kier alpha value is -1.59. The third kappa shape index (κ3) is 4.08. The van der Waals surface area contributed by atoms with Gasteiger partial charge in [0.2, 0.25) is 17.7 Å². The van der Waals surface area contributed by atoms with Crippen LogP contribution < -0.4 is 5.32 Å². The van der Waals surface area contributed by atoms with Crippen LogP contribution in [0.3, 0.4) is 0 Å². The van der Waals surface area contributed by atoms with Gasteiger partial charge in [0.25, 0.3) is 0 Å². The Bertz CT molecular complexity index is 500. The number of hydrogen-bond acceptors (Lipinski definition) is 3. The van der Waals surface area contributed by atoms with Crippen molar-refractivity contribution in [1.29, 1.82) is 0 Å². The van der Waals surface area contributed by atoms with Crippen LogP contribution in [0.5, 0.6) is 0 Å². The van der Waals surface area contributed by atoms with Gasteiger partial charge >= 0.3 is 0 Å². The van der Waals surface area contributed by atoms with E-state index in [4.69, 9.17) is 0 Å². The molecule has 0 spiro atoms. The van der Waals surface area contributed by atoms with E-state index in [2.05, 4.69) is 5.32 Å². The number of likely N-dealkylation sites (tertiary alicyclic amines) is 2. The fourth-order valence-electron chi connectivity index (χ4n) is 4.28. The number of carbonyl (C=O) groups excluding carboxylic acids is 3. The molecule has 0 aromatic heterocycles. The molecule has 134 valence electrons. The fourth-order valence-corrected chi connectivity index (χ4v) is 4.28. The number of hydrogen-bond donors (Lipinski definition) is 1. The normalized spacial score (nSPS) is 29.5. The zero-order valence-corrected chi connectivity index (χ0v) is 14.6. The Balaban J connectivity index is 1.47. The number of rotatable bonds is 3. The first-order valence-corrected chi connectivity index (χ1v) is 9.39. The van der Waals surface area contributed by atoms with Crippen molar-refractivity contribution in [3.05, 3.63) is 0 Å². The third-order valence-corrected chi connectivity index (χ3v) is 5.65. The van der Waals surface area contributed by atoms with E-state index in [9.17, 15) is 14.4 Å². The number of nitrogens with one attached hydrogen (secondary N) is 1. The Kier molecular flexibility index (Phi) is 5.41. The maximum Gasteiger partial charge on any atom is 0.226 e. The number of piperidine rings is 3. The molecular weight excluding hydrogens is 306 g/mol. The van der Waals surface area contributed by atoms with E-state index in [1.807, 2.05) is 16.7 Å². The van der Waals surface area contributed by atoms with Crippen LogP contribution in [0, 0.1) is 11.8 Å². The first-order valence-electron chi connectivity index (χ1n) is 9.39. The summed E-state index contributed by atoms with van der Waals surface area (Å²) in [5.74, 6) is 0.774. The Morgan fingerprint density at radius 2 is 1.92 bits per heavy atom. The molecule has 3 heterocycles. The molecule has 6 nitrogen and oxygen atoms in total. The molecule has 24 heavy (non-hydrogen) atoms. The standard InChI is InChI=1S/C18H29N3O3/c1-13-10-15(11-16(22)19-13)18(24)20-8-5-14(6-9-20)12-21-7-3-2-4-17(21)23/h13-15H,2-12H2,1H3,(H,19,22). The van der Waals surface area contributed by atoms with Crippen LogP contribution in [0.2, 0.25) is 0 Å². The lowest BCUT2D eigenvalue weighted by molar-refractivity contribution is -0.142. The number of nitrogens with zero attached hydrogens (tertiary/aromatic N) is 2. The van der Waals surface area contributed by atoms with Gasteiger partial charge in [0.15, 0.2) is 0 Å². The number of carbonyl (C=O) groups is 3. The van der Waals surface area contributed by atoms with Gasteiger partial charge in [-0.2, -0.15) is 0 Å².